The topological polar surface area (TPSA) is 26.5 Å². The number of benzene rings is 2. The van der Waals surface area contributed by atoms with Crippen molar-refractivity contribution in [3.8, 4) is 0 Å². The zero-order valence-corrected chi connectivity index (χ0v) is 16.1. The Balaban J connectivity index is 1.78. The third-order valence-corrected chi connectivity index (χ3v) is 6.46. The van der Waals surface area contributed by atoms with Gasteiger partial charge in [0.2, 0.25) is 0 Å². The van der Waals surface area contributed by atoms with Crippen molar-refractivity contribution in [2.24, 2.45) is 0 Å². The molecule has 2 aromatic rings. The molecule has 124 valence electrons. The van der Waals surface area contributed by atoms with Crippen molar-refractivity contribution in [2.45, 2.75) is 12.1 Å². The van der Waals surface area contributed by atoms with Gasteiger partial charge in [-0.3, -0.25) is 0 Å². The number of amidine groups is 1. The lowest BCUT2D eigenvalue weighted by Gasteiger charge is -2.24. The van der Waals surface area contributed by atoms with Gasteiger partial charge in [-0.1, -0.05) is 39.7 Å². The zero-order valence-electron chi connectivity index (χ0n) is 13.0. The number of thioether (sulfide) groups is 1. The highest BCUT2D eigenvalue weighted by atomic mass is 79.9. The smallest absolute Gasteiger partial charge is 0.316 e. The van der Waals surface area contributed by atoms with E-state index in [4.69, 9.17) is 11.6 Å². The minimum Gasteiger partial charge on any atom is -0.346 e. The molecule has 2 aliphatic heterocycles. The van der Waals surface area contributed by atoms with E-state index >= 15 is 0 Å². The van der Waals surface area contributed by atoms with Gasteiger partial charge in [0.25, 0.3) is 5.72 Å². The minimum absolute atomic E-state index is 0.512. The molecule has 2 aromatic carbocycles. The number of halogens is 2. The summed E-state index contributed by atoms with van der Waals surface area (Å²) in [5.74, 6) is 1.08. The second kappa shape index (κ2) is 6.37. The number of hydrogen-bond donors (Lipinski definition) is 1. The molecule has 0 unspecified atom stereocenters. The predicted octanol–water partition coefficient (Wildman–Crippen LogP) is 4.27. The molecule has 1 N–H and O–H groups in total. The minimum atomic E-state index is -1.03. The summed E-state index contributed by atoms with van der Waals surface area (Å²) < 4.78 is 3.18. The molecule has 2 heterocycles. The highest BCUT2D eigenvalue weighted by Gasteiger charge is 2.53. The summed E-state index contributed by atoms with van der Waals surface area (Å²) in [7, 11) is 0. The number of rotatable bonds is 2. The Morgan fingerprint density at radius 1 is 1.12 bits per heavy atom. The Bertz CT molecular complexity index is 794. The van der Waals surface area contributed by atoms with Crippen molar-refractivity contribution in [3.05, 3.63) is 63.6 Å². The van der Waals surface area contributed by atoms with E-state index < -0.39 is 5.72 Å². The van der Waals surface area contributed by atoms with Crippen LogP contribution < -0.4 is 4.90 Å². The van der Waals surface area contributed by atoms with Crippen LogP contribution >= 0.6 is 39.3 Å². The summed E-state index contributed by atoms with van der Waals surface area (Å²) in [6, 6.07) is 15.8. The van der Waals surface area contributed by atoms with Gasteiger partial charge >= 0.3 is 5.17 Å². The molecule has 0 saturated carbocycles. The molecule has 24 heavy (non-hydrogen) atoms. The van der Waals surface area contributed by atoms with Crippen LogP contribution in [-0.2, 0) is 5.72 Å². The van der Waals surface area contributed by atoms with Crippen molar-refractivity contribution >= 4 is 50.1 Å². The van der Waals surface area contributed by atoms with E-state index in [-0.39, 0.29) is 0 Å². The number of anilines is 1. The van der Waals surface area contributed by atoms with E-state index in [1.807, 2.05) is 48.2 Å². The van der Waals surface area contributed by atoms with E-state index in [1.54, 1.807) is 0 Å². The summed E-state index contributed by atoms with van der Waals surface area (Å²) in [4.78, 5) is 2.21. The van der Waals surface area contributed by atoms with Crippen LogP contribution in [0.15, 0.2) is 53.0 Å². The lowest BCUT2D eigenvalue weighted by Crippen LogP contribution is -2.41. The molecule has 0 radical (unpaired) electrons. The van der Waals surface area contributed by atoms with Crippen LogP contribution in [0.4, 0.5) is 5.69 Å². The molecule has 1 atom stereocenters. The highest BCUT2D eigenvalue weighted by Crippen LogP contribution is 2.38. The van der Waals surface area contributed by atoms with Crippen molar-refractivity contribution in [2.75, 3.05) is 23.7 Å². The molecule has 0 amide bonds. The first-order valence-corrected chi connectivity index (χ1v) is 10.0. The van der Waals surface area contributed by atoms with Crippen LogP contribution in [0.1, 0.15) is 12.0 Å². The molecular formula is C18H17BrClN2OS+. The van der Waals surface area contributed by atoms with E-state index in [0.717, 1.165) is 39.6 Å². The fourth-order valence-corrected chi connectivity index (χ4v) is 4.86. The fraction of sp³-hybridized carbons (Fsp3) is 0.278. The summed E-state index contributed by atoms with van der Waals surface area (Å²) in [6.07, 6.45) is 1.07. The van der Waals surface area contributed by atoms with Gasteiger partial charge < -0.3 is 5.11 Å². The highest BCUT2D eigenvalue weighted by molar-refractivity contribution is 9.10. The molecule has 3 nitrogen and oxygen atoms in total. The monoisotopic (exact) mass is 423 g/mol. The summed E-state index contributed by atoms with van der Waals surface area (Å²) >= 11 is 11.3. The standard InChI is InChI=1S/C18H17BrClN2OS/c19-14-4-8-16(9-5-14)21-12-18(23,13-2-6-15(20)7-3-13)22-10-1-11-24-17(21)22/h2-9,23H,1,10-12H2/q+1/t18-/m0/s1. The normalized spacial score (nSPS) is 23.5. The average Bonchev–Trinajstić information content (AvgIpc) is 2.91. The predicted molar refractivity (Wildman–Crippen MR) is 104 cm³/mol. The van der Waals surface area contributed by atoms with Crippen molar-refractivity contribution < 1.29 is 9.68 Å². The largest absolute Gasteiger partial charge is 0.346 e. The molecule has 0 aromatic heterocycles. The second-order valence-corrected chi connectivity index (χ2v) is 8.44. The van der Waals surface area contributed by atoms with Gasteiger partial charge in [0, 0.05) is 20.8 Å². The zero-order chi connectivity index (χ0) is 16.7. The Labute approximate surface area is 159 Å². The third kappa shape index (κ3) is 2.77. The fourth-order valence-electron chi connectivity index (χ4n) is 3.29. The van der Waals surface area contributed by atoms with Gasteiger partial charge in [-0.15, -0.1) is 0 Å². The first kappa shape index (κ1) is 16.5. The lowest BCUT2D eigenvalue weighted by atomic mass is 10.0. The quantitative estimate of drug-likeness (QED) is 0.729. The SMILES string of the molecule is O[C@]1(c2ccc(Cl)cc2)CN(c2ccc(Br)cc2)C2=[N+]1CCCS2. The molecule has 0 aliphatic carbocycles. The van der Waals surface area contributed by atoms with Gasteiger partial charge in [0.1, 0.15) is 5.69 Å². The van der Waals surface area contributed by atoms with E-state index in [1.165, 1.54) is 0 Å². The maximum absolute atomic E-state index is 11.5. The maximum Gasteiger partial charge on any atom is 0.316 e. The van der Waals surface area contributed by atoms with E-state index in [2.05, 4.69) is 37.5 Å². The van der Waals surface area contributed by atoms with Crippen molar-refractivity contribution in [3.63, 3.8) is 0 Å². The van der Waals surface area contributed by atoms with Gasteiger partial charge in [-0.25, -0.2) is 9.48 Å². The van der Waals surface area contributed by atoms with Gasteiger partial charge in [-0.2, -0.15) is 0 Å². The first-order chi connectivity index (χ1) is 11.6. The van der Waals surface area contributed by atoms with Gasteiger partial charge in [0.15, 0.2) is 6.54 Å². The average molecular weight is 425 g/mol. The van der Waals surface area contributed by atoms with Crippen LogP contribution in [-0.4, -0.2) is 33.7 Å². The number of hydrogen-bond acceptors (Lipinski definition) is 3. The van der Waals surface area contributed by atoms with E-state index in [9.17, 15) is 5.11 Å². The molecule has 2 aliphatic rings. The first-order valence-electron chi connectivity index (χ1n) is 7.87. The van der Waals surface area contributed by atoms with Crippen molar-refractivity contribution in [1.82, 2.24) is 0 Å². The molecule has 4 rings (SSSR count). The lowest BCUT2D eigenvalue weighted by molar-refractivity contribution is -0.656. The Hall–Kier alpha value is -1.01. The summed E-state index contributed by atoms with van der Waals surface area (Å²) in [6.45, 7) is 1.37. The molecule has 0 fully saturated rings. The number of aliphatic hydroxyl groups is 1. The Kier molecular flexibility index (Phi) is 4.37. The van der Waals surface area contributed by atoms with Crippen molar-refractivity contribution in [1.29, 1.82) is 0 Å². The molecule has 6 heteroatoms. The molecule has 0 bridgehead atoms. The molecule has 0 spiro atoms. The van der Waals surface area contributed by atoms with Crippen LogP contribution in [0.25, 0.3) is 0 Å². The van der Waals surface area contributed by atoms with Crippen LogP contribution in [0.3, 0.4) is 0 Å². The molecule has 0 saturated heterocycles. The number of β-amino-alcohol motifs (C(OH)–C–C–N with tert-alkyl or cyclic N) is 1. The van der Waals surface area contributed by atoms with Crippen LogP contribution in [0.2, 0.25) is 5.02 Å². The summed E-state index contributed by atoms with van der Waals surface area (Å²) in [5, 5.41) is 13.3. The Morgan fingerprint density at radius 2 is 1.83 bits per heavy atom. The summed E-state index contributed by atoms with van der Waals surface area (Å²) in [5.41, 5.74) is 0.949. The third-order valence-electron chi connectivity index (χ3n) is 4.49. The Morgan fingerprint density at radius 3 is 2.54 bits per heavy atom. The maximum atomic E-state index is 11.5. The van der Waals surface area contributed by atoms with Crippen LogP contribution in [0.5, 0.6) is 0 Å². The van der Waals surface area contributed by atoms with Gasteiger partial charge in [-0.05, 0) is 54.6 Å². The second-order valence-electron chi connectivity index (χ2n) is 6.02. The van der Waals surface area contributed by atoms with E-state index in [0.29, 0.717) is 11.6 Å². The van der Waals surface area contributed by atoms with Crippen LogP contribution in [0, 0.1) is 0 Å². The number of nitrogens with zero attached hydrogens (tertiary/aromatic N) is 2. The van der Waals surface area contributed by atoms with Gasteiger partial charge in [0.05, 0.1) is 6.54 Å². The molecular weight excluding hydrogens is 408 g/mol.